The highest BCUT2D eigenvalue weighted by molar-refractivity contribution is 9.10. The standard InChI is InChI=1S/C18H15BrN2O2/c1-12-5-7-13(8-6-12)11-21-17(22)16(20-18(21)23)10-14-3-2-4-15(19)9-14/h2-10H,11H2,1H3,(H,20,23). The van der Waals surface area contributed by atoms with Crippen molar-refractivity contribution in [3.8, 4) is 0 Å². The summed E-state index contributed by atoms with van der Waals surface area (Å²) in [5, 5.41) is 2.64. The predicted octanol–water partition coefficient (Wildman–Crippen LogP) is 3.85. The number of carbonyl (C=O) groups is 2. The molecule has 0 atom stereocenters. The zero-order valence-corrected chi connectivity index (χ0v) is 14.1. The van der Waals surface area contributed by atoms with Gasteiger partial charge in [0.15, 0.2) is 0 Å². The van der Waals surface area contributed by atoms with Crippen molar-refractivity contribution in [2.24, 2.45) is 0 Å². The van der Waals surface area contributed by atoms with E-state index < -0.39 is 6.03 Å². The second-order valence-electron chi connectivity index (χ2n) is 5.42. The first-order valence-corrected chi connectivity index (χ1v) is 7.98. The fourth-order valence-corrected chi connectivity index (χ4v) is 2.77. The Kier molecular flexibility index (Phi) is 4.30. The lowest BCUT2D eigenvalue weighted by atomic mass is 10.1. The van der Waals surface area contributed by atoms with Gasteiger partial charge in [-0.15, -0.1) is 0 Å². The molecule has 0 unspecified atom stereocenters. The van der Waals surface area contributed by atoms with Crippen molar-refractivity contribution >= 4 is 33.9 Å². The third-order valence-electron chi connectivity index (χ3n) is 3.58. The summed E-state index contributed by atoms with van der Waals surface area (Å²) in [6.45, 7) is 2.26. The summed E-state index contributed by atoms with van der Waals surface area (Å²) >= 11 is 3.39. The molecule has 1 fully saturated rings. The van der Waals surface area contributed by atoms with Gasteiger partial charge in [-0.05, 0) is 36.3 Å². The average molecular weight is 371 g/mol. The molecule has 0 spiro atoms. The van der Waals surface area contributed by atoms with Gasteiger partial charge in [0.1, 0.15) is 5.70 Å². The van der Waals surface area contributed by atoms with Crippen LogP contribution in [0.2, 0.25) is 0 Å². The van der Waals surface area contributed by atoms with Gasteiger partial charge in [-0.3, -0.25) is 9.69 Å². The molecule has 4 nitrogen and oxygen atoms in total. The van der Waals surface area contributed by atoms with E-state index in [1.165, 1.54) is 4.90 Å². The van der Waals surface area contributed by atoms with Crippen LogP contribution in [-0.2, 0) is 11.3 Å². The van der Waals surface area contributed by atoms with Gasteiger partial charge in [-0.25, -0.2) is 4.79 Å². The summed E-state index contributed by atoms with van der Waals surface area (Å²) in [5.41, 5.74) is 3.20. The molecule has 0 bridgehead atoms. The molecule has 23 heavy (non-hydrogen) atoms. The third-order valence-corrected chi connectivity index (χ3v) is 4.08. The zero-order chi connectivity index (χ0) is 16.4. The zero-order valence-electron chi connectivity index (χ0n) is 12.5. The first-order chi connectivity index (χ1) is 11.0. The number of hydrogen-bond donors (Lipinski definition) is 1. The molecule has 2 aromatic rings. The first kappa shape index (κ1) is 15.5. The topological polar surface area (TPSA) is 49.4 Å². The highest BCUT2D eigenvalue weighted by atomic mass is 79.9. The number of carbonyl (C=O) groups excluding carboxylic acids is 2. The second kappa shape index (κ2) is 6.38. The van der Waals surface area contributed by atoms with Crippen molar-refractivity contribution in [3.63, 3.8) is 0 Å². The predicted molar refractivity (Wildman–Crippen MR) is 92.4 cm³/mol. The van der Waals surface area contributed by atoms with E-state index in [2.05, 4.69) is 21.2 Å². The lowest BCUT2D eigenvalue weighted by Crippen LogP contribution is -2.30. The number of urea groups is 1. The number of nitrogens with zero attached hydrogens (tertiary/aromatic N) is 1. The molecular formula is C18H15BrN2O2. The van der Waals surface area contributed by atoms with Crippen LogP contribution in [0.4, 0.5) is 4.79 Å². The molecular weight excluding hydrogens is 356 g/mol. The van der Waals surface area contributed by atoms with E-state index in [-0.39, 0.29) is 12.5 Å². The number of nitrogens with one attached hydrogen (secondary N) is 1. The van der Waals surface area contributed by atoms with Gasteiger partial charge in [-0.2, -0.15) is 0 Å². The van der Waals surface area contributed by atoms with E-state index in [0.717, 1.165) is 21.2 Å². The monoisotopic (exact) mass is 370 g/mol. The Balaban J connectivity index is 1.81. The minimum absolute atomic E-state index is 0.265. The number of hydrogen-bond acceptors (Lipinski definition) is 2. The quantitative estimate of drug-likeness (QED) is 0.658. The Morgan fingerprint density at radius 1 is 1.13 bits per heavy atom. The summed E-state index contributed by atoms with van der Waals surface area (Å²) in [7, 11) is 0. The van der Waals surface area contributed by atoms with E-state index in [0.29, 0.717) is 5.70 Å². The summed E-state index contributed by atoms with van der Waals surface area (Å²) in [4.78, 5) is 25.7. The Bertz CT molecular complexity index is 797. The summed E-state index contributed by atoms with van der Waals surface area (Å²) < 4.78 is 0.917. The average Bonchev–Trinajstić information content (AvgIpc) is 2.77. The van der Waals surface area contributed by atoms with Gasteiger partial charge in [0.25, 0.3) is 5.91 Å². The maximum atomic E-state index is 12.4. The van der Waals surface area contributed by atoms with Crippen LogP contribution in [0.1, 0.15) is 16.7 Å². The smallest absolute Gasteiger partial charge is 0.303 e. The van der Waals surface area contributed by atoms with Crippen molar-refractivity contribution in [1.82, 2.24) is 10.2 Å². The lowest BCUT2D eigenvalue weighted by Gasteiger charge is -2.11. The molecule has 1 saturated heterocycles. The number of imide groups is 1. The van der Waals surface area contributed by atoms with Crippen LogP contribution >= 0.6 is 15.9 Å². The largest absolute Gasteiger partial charge is 0.329 e. The molecule has 0 aliphatic carbocycles. The first-order valence-electron chi connectivity index (χ1n) is 7.18. The molecule has 5 heteroatoms. The van der Waals surface area contributed by atoms with E-state index in [4.69, 9.17) is 0 Å². The highest BCUT2D eigenvalue weighted by Gasteiger charge is 2.33. The minimum Gasteiger partial charge on any atom is -0.303 e. The van der Waals surface area contributed by atoms with Crippen LogP contribution in [0.5, 0.6) is 0 Å². The van der Waals surface area contributed by atoms with Gasteiger partial charge in [0.05, 0.1) is 6.54 Å². The molecule has 116 valence electrons. The molecule has 0 saturated carbocycles. The van der Waals surface area contributed by atoms with E-state index in [1.807, 2.05) is 55.5 Å². The fourth-order valence-electron chi connectivity index (χ4n) is 2.35. The Morgan fingerprint density at radius 3 is 2.57 bits per heavy atom. The molecule has 0 radical (unpaired) electrons. The van der Waals surface area contributed by atoms with Gasteiger partial charge in [0, 0.05) is 4.47 Å². The third kappa shape index (κ3) is 3.51. The van der Waals surface area contributed by atoms with Crippen LogP contribution in [0.15, 0.2) is 58.7 Å². The van der Waals surface area contributed by atoms with Gasteiger partial charge >= 0.3 is 6.03 Å². The molecule has 0 aromatic heterocycles. The molecule has 1 N–H and O–H groups in total. The number of aryl methyl sites for hydroxylation is 1. The van der Waals surface area contributed by atoms with Crippen LogP contribution in [0, 0.1) is 6.92 Å². The van der Waals surface area contributed by atoms with Crippen molar-refractivity contribution in [2.45, 2.75) is 13.5 Å². The van der Waals surface area contributed by atoms with Crippen LogP contribution in [0.25, 0.3) is 6.08 Å². The number of halogens is 1. The SMILES string of the molecule is Cc1ccc(CN2C(=O)NC(=Cc3cccc(Br)c3)C2=O)cc1. The van der Waals surface area contributed by atoms with Crippen molar-refractivity contribution in [3.05, 3.63) is 75.4 Å². The minimum atomic E-state index is -0.392. The number of benzene rings is 2. The second-order valence-corrected chi connectivity index (χ2v) is 6.34. The fraction of sp³-hybridized carbons (Fsp3) is 0.111. The molecule has 1 aliphatic heterocycles. The van der Waals surface area contributed by atoms with Gasteiger partial charge in [0.2, 0.25) is 0 Å². The Labute approximate surface area is 142 Å². The maximum Gasteiger partial charge on any atom is 0.329 e. The van der Waals surface area contributed by atoms with Crippen LogP contribution < -0.4 is 5.32 Å². The normalized spacial score (nSPS) is 16.1. The molecule has 2 aromatic carbocycles. The Morgan fingerprint density at radius 2 is 1.87 bits per heavy atom. The van der Waals surface area contributed by atoms with E-state index >= 15 is 0 Å². The van der Waals surface area contributed by atoms with E-state index in [9.17, 15) is 9.59 Å². The number of amides is 3. The van der Waals surface area contributed by atoms with Crippen molar-refractivity contribution in [2.75, 3.05) is 0 Å². The van der Waals surface area contributed by atoms with Crippen molar-refractivity contribution < 1.29 is 9.59 Å². The summed E-state index contributed by atoms with van der Waals surface area (Å²) in [6, 6.07) is 14.9. The maximum absolute atomic E-state index is 12.4. The number of rotatable bonds is 3. The molecule has 1 aliphatic rings. The van der Waals surface area contributed by atoms with Crippen molar-refractivity contribution in [1.29, 1.82) is 0 Å². The Hall–Kier alpha value is -2.40. The molecule has 3 rings (SSSR count). The summed E-state index contributed by atoms with van der Waals surface area (Å²) in [5.74, 6) is -0.310. The summed E-state index contributed by atoms with van der Waals surface area (Å²) in [6.07, 6.45) is 1.68. The molecule has 3 amide bonds. The van der Waals surface area contributed by atoms with E-state index in [1.54, 1.807) is 6.08 Å². The van der Waals surface area contributed by atoms with Crippen LogP contribution in [0.3, 0.4) is 0 Å². The lowest BCUT2D eigenvalue weighted by molar-refractivity contribution is -0.123. The highest BCUT2D eigenvalue weighted by Crippen LogP contribution is 2.19. The van der Waals surface area contributed by atoms with Gasteiger partial charge in [-0.1, -0.05) is 57.9 Å². The van der Waals surface area contributed by atoms with Gasteiger partial charge < -0.3 is 5.32 Å². The van der Waals surface area contributed by atoms with Crippen LogP contribution in [-0.4, -0.2) is 16.8 Å². The molecule has 1 heterocycles.